The van der Waals surface area contributed by atoms with E-state index in [0.717, 1.165) is 26.1 Å². The van der Waals surface area contributed by atoms with Gasteiger partial charge in [0.25, 0.3) is 0 Å². The average Bonchev–Trinajstić information content (AvgIpc) is 2.56. The monoisotopic (exact) mass is 209 g/mol. The van der Waals surface area contributed by atoms with Crippen molar-refractivity contribution in [3.8, 4) is 0 Å². The minimum Gasteiger partial charge on any atom is -0.313 e. The highest BCUT2D eigenvalue weighted by atomic mass is 15.3. The second kappa shape index (κ2) is 5.91. The topological polar surface area (TPSA) is 29.9 Å². The molecule has 0 unspecified atom stereocenters. The van der Waals surface area contributed by atoms with Crippen LogP contribution in [-0.2, 0) is 19.5 Å². The Morgan fingerprint density at radius 2 is 2.13 bits per heavy atom. The molecule has 0 spiro atoms. The van der Waals surface area contributed by atoms with E-state index in [9.17, 15) is 0 Å². The van der Waals surface area contributed by atoms with E-state index in [0.29, 0.717) is 5.92 Å². The molecule has 0 aromatic carbocycles. The van der Waals surface area contributed by atoms with Crippen LogP contribution in [0.3, 0.4) is 0 Å². The molecule has 0 amide bonds. The minimum atomic E-state index is 0.655. The molecule has 1 heterocycles. The molecule has 86 valence electrons. The first-order chi connectivity index (χ1) is 7.19. The summed E-state index contributed by atoms with van der Waals surface area (Å²) < 4.78 is 2.15. The maximum atomic E-state index is 4.46. The standard InChI is InChI=1S/C12H23N3/c1-5-12-11(7-13-6-2)8-14-15(12)9-10(3)4/h8,10,13H,5-7,9H2,1-4H3. The van der Waals surface area contributed by atoms with Gasteiger partial charge in [-0.3, -0.25) is 4.68 Å². The lowest BCUT2D eigenvalue weighted by molar-refractivity contribution is 0.469. The summed E-state index contributed by atoms with van der Waals surface area (Å²) in [7, 11) is 0. The number of hydrogen-bond acceptors (Lipinski definition) is 2. The van der Waals surface area contributed by atoms with Crippen molar-refractivity contribution < 1.29 is 0 Å². The summed E-state index contributed by atoms with van der Waals surface area (Å²) in [6, 6.07) is 0. The van der Waals surface area contributed by atoms with Crippen LogP contribution in [0.15, 0.2) is 6.20 Å². The van der Waals surface area contributed by atoms with E-state index in [2.05, 4.69) is 42.8 Å². The summed E-state index contributed by atoms with van der Waals surface area (Å²) in [6.45, 7) is 11.8. The first-order valence-corrected chi connectivity index (χ1v) is 5.93. The zero-order valence-corrected chi connectivity index (χ0v) is 10.4. The SMILES string of the molecule is CCNCc1cnn(CC(C)C)c1CC. The Labute approximate surface area is 92.9 Å². The summed E-state index contributed by atoms with van der Waals surface area (Å²) >= 11 is 0. The number of aromatic nitrogens is 2. The fraction of sp³-hybridized carbons (Fsp3) is 0.750. The largest absolute Gasteiger partial charge is 0.313 e. The van der Waals surface area contributed by atoms with Crippen molar-refractivity contribution >= 4 is 0 Å². The Balaban J connectivity index is 2.75. The van der Waals surface area contributed by atoms with E-state index in [-0.39, 0.29) is 0 Å². The van der Waals surface area contributed by atoms with Gasteiger partial charge in [-0.25, -0.2) is 0 Å². The molecule has 0 aliphatic rings. The second-order valence-corrected chi connectivity index (χ2v) is 4.33. The maximum Gasteiger partial charge on any atom is 0.0537 e. The van der Waals surface area contributed by atoms with Crippen LogP contribution in [0.5, 0.6) is 0 Å². The molecular weight excluding hydrogens is 186 g/mol. The molecular formula is C12H23N3. The maximum absolute atomic E-state index is 4.46. The lowest BCUT2D eigenvalue weighted by Gasteiger charge is -2.10. The molecule has 0 radical (unpaired) electrons. The zero-order valence-electron chi connectivity index (χ0n) is 10.4. The van der Waals surface area contributed by atoms with Crippen molar-refractivity contribution in [3.63, 3.8) is 0 Å². The fourth-order valence-corrected chi connectivity index (χ4v) is 1.77. The van der Waals surface area contributed by atoms with E-state index in [1.165, 1.54) is 11.3 Å². The molecule has 3 nitrogen and oxygen atoms in total. The quantitative estimate of drug-likeness (QED) is 0.778. The Morgan fingerprint density at radius 1 is 1.40 bits per heavy atom. The van der Waals surface area contributed by atoms with Crippen molar-refractivity contribution in [2.75, 3.05) is 6.54 Å². The smallest absolute Gasteiger partial charge is 0.0537 e. The minimum absolute atomic E-state index is 0.655. The predicted octanol–water partition coefficient (Wildman–Crippen LogP) is 2.21. The van der Waals surface area contributed by atoms with Crippen LogP contribution in [-0.4, -0.2) is 16.3 Å². The molecule has 1 aromatic rings. The molecule has 0 atom stereocenters. The Bertz CT molecular complexity index is 289. The van der Waals surface area contributed by atoms with Gasteiger partial charge in [-0.2, -0.15) is 5.10 Å². The van der Waals surface area contributed by atoms with Crippen LogP contribution in [0.2, 0.25) is 0 Å². The van der Waals surface area contributed by atoms with Crippen LogP contribution in [0.4, 0.5) is 0 Å². The van der Waals surface area contributed by atoms with E-state index in [1.54, 1.807) is 0 Å². The van der Waals surface area contributed by atoms with E-state index >= 15 is 0 Å². The van der Waals surface area contributed by atoms with Gasteiger partial charge in [0.2, 0.25) is 0 Å². The van der Waals surface area contributed by atoms with E-state index in [4.69, 9.17) is 0 Å². The van der Waals surface area contributed by atoms with Crippen molar-refractivity contribution in [3.05, 3.63) is 17.5 Å². The highest BCUT2D eigenvalue weighted by Gasteiger charge is 2.09. The lowest BCUT2D eigenvalue weighted by Crippen LogP contribution is -2.14. The normalized spacial score (nSPS) is 11.3. The predicted molar refractivity (Wildman–Crippen MR) is 63.8 cm³/mol. The molecule has 0 aliphatic carbocycles. The summed E-state index contributed by atoms with van der Waals surface area (Å²) in [5.41, 5.74) is 2.73. The summed E-state index contributed by atoms with van der Waals surface area (Å²) in [5.74, 6) is 0.655. The zero-order chi connectivity index (χ0) is 11.3. The Morgan fingerprint density at radius 3 is 2.67 bits per heavy atom. The molecule has 0 saturated carbocycles. The van der Waals surface area contributed by atoms with Crippen LogP contribution >= 0.6 is 0 Å². The van der Waals surface area contributed by atoms with Crippen molar-refractivity contribution in [1.82, 2.24) is 15.1 Å². The van der Waals surface area contributed by atoms with Gasteiger partial charge < -0.3 is 5.32 Å². The molecule has 3 heteroatoms. The summed E-state index contributed by atoms with van der Waals surface area (Å²) in [5, 5.41) is 7.81. The first kappa shape index (κ1) is 12.2. The number of rotatable bonds is 6. The van der Waals surface area contributed by atoms with E-state index < -0.39 is 0 Å². The number of nitrogens with one attached hydrogen (secondary N) is 1. The van der Waals surface area contributed by atoms with Crippen LogP contribution < -0.4 is 5.32 Å². The van der Waals surface area contributed by atoms with Crippen molar-refractivity contribution in [1.29, 1.82) is 0 Å². The van der Waals surface area contributed by atoms with Crippen molar-refractivity contribution in [2.45, 2.75) is 47.2 Å². The van der Waals surface area contributed by atoms with Gasteiger partial charge in [0.15, 0.2) is 0 Å². The van der Waals surface area contributed by atoms with Gasteiger partial charge in [0.1, 0.15) is 0 Å². The lowest BCUT2D eigenvalue weighted by atomic mass is 10.2. The highest BCUT2D eigenvalue weighted by Crippen LogP contribution is 2.11. The molecule has 0 bridgehead atoms. The van der Waals surface area contributed by atoms with Crippen LogP contribution in [0.1, 0.15) is 39.0 Å². The highest BCUT2D eigenvalue weighted by molar-refractivity contribution is 5.17. The molecule has 15 heavy (non-hydrogen) atoms. The molecule has 1 N–H and O–H groups in total. The van der Waals surface area contributed by atoms with Crippen LogP contribution in [0, 0.1) is 5.92 Å². The number of nitrogens with zero attached hydrogens (tertiary/aromatic N) is 2. The molecule has 1 rings (SSSR count). The Hall–Kier alpha value is -0.830. The molecule has 1 aromatic heterocycles. The third-order valence-electron chi connectivity index (χ3n) is 2.47. The summed E-state index contributed by atoms with van der Waals surface area (Å²) in [4.78, 5) is 0. The van der Waals surface area contributed by atoms with Gasteiger partial charge in [-0.1, -0.05) is 27.7 Å². The molecule has 0 saturated heterocycles. The van der Waals surface area contributed by atoms with Gasteiger partial charge >= 0.3 is 0 Å². The Kier molecular flexibility index (Phi) is 4.82. The molecule has 0 fully saturated rings. The first-order valence-electron chi connectivity index (χ1n) is 5.93. The van der Waals surface area contributed by atoms with Crippen molar-refractivity contribution in [2.24, 2.45) is 5.92 Å². The van der Waals surface area contributed by atoms with Gasteiger partial charge in [-0.15, -0.1) is 0 Å². The van der Waals surface area contributed by atoms with E-state index in [1.807, 2.05) is 6.20 Å². The third kappa shape index (κ3) is 3.34. The summed E-state index contributed by atoms with van der Waals surface area (Å²) in [6.07, 6.45) is 3.07. The third-order valence-corrected chi connectivity index (χ3v) is 2.47. The van der Waals surface area contributed by atoms with Gasteiger partial charge in [-0.05, 0) is 18.9 Å². The van der Waals surface area contributed by atoms with Crippen LogP contribution in [0.25, 0.3) is 0 Å². The average molecular weight is 209 g/mol. The number of hydrogen-bond donors (Lipinski definition) is 1. The second-order valence-electron chi connectivity index (χ2n) is 4.33. The molecule has 0 aliphatic heterocycles. The fourth-order valence-electron chi connectivity index (χ4n) is 1.77. The van der Waals surface area contributed by atoms with Gasteiger partial charge in [0.05, 0.1) is 6.20 Å². The van der Waals surface area contributed by atoms with Gasteiger partial charge in [0, 0.05) is 24.3 Å².